The largest absolute Gasteiger partial charge is 0.343 e. The quantitative estimate of drug-likeness (QED) is 0.673. The van der Waals surface area contributed by atoms with Crippen LogP contribution in [0.5, 0.6) is 0 Å². The van der Waals surface area contributed by atoms with Gasteiger partial charge in [-0.3, -0.25) is 29.9 Å². The maximum Gasteiger partial charge on any atom is 0.260 e. The van der Waals surface area contributed by atoms with Crippen molar-refractivity contribution in [3.63, 3.8) is 0 Å². The summed E-state index contributed by atoms with van der Waals surface area (Å²) < 4.78 is 14.9. The van der Waals surface area contributed by atoms with Crippen molar-refractivity contribution in [2.75, 3.05) is 6.54 Å². The van der Waals surface area contributed by atoms with Gasteiger partial charge in [0.1, 0.15) is 12.4 Å². The van der Waals surface area contributed by atoms with Gasteiger partial charge in [0.2, 0.25) is 0 Å². The predicted octanol–water partition coefficient (Wildman–Crippen LogP) is 0.216. The van der Waals surface area contributed by atoms with Crippen LogP contribution in [-0.2, 0) is 16.1 Å². The third kappa shape index (κ3) is 5.13. The van der Waals surface area contributed by atoms with E-state index in [0.717, 1.165) is 17.5 Å². The van der Waals surface area contributed by atoms with Crippen LogP contribution >= 0.6 is 0 Å². The highest BCUT2D eigenvalue weighted by Crippen LogP contribution is 2.05. The number of aryl methyl sites for hydroxylation is 2. The number of nitrogens with zero attached hydrogens (tertiary/aromatic N) is 2. The lowest BCUT2D eigenvalue weighted by Crippen LogP contribution is -2.47. The molecule has 0 aliphatic rings. The van der Waals surface area contributed by atoms with Gasteiger partial charge in [-0.15, -0.1) is 0 Å². The van der Waals surface area contributed by atoms with Crippen LogP contribution in [0.25, 0.3) is 0 Å². The van der Waals surface area contributed by atoms with E-state index in [2.05, 4.69) is 21.3 Å². The molecule has 1 aromatic carbocycles. The van der Waals surface area contributed by atoms with Crippen molar-refractivity contribution in [3.05, 3.63) is 53.1 Å². The lowest BCUT2D eigenvalue weighted by Gasteiger charge is -2.09. The normalized spacial score (nSPS) is 10.2. The van der Waals surface area contributed by atoms with E-state index in [9.17, 15) is 18.8 Å². The minimum Gasteiger partial charge on any atom is -0.343 e. The van der Waals surface area contributed by atoms with E-state index in [0.29, 0.717) is 0 Å². The number of benzene rings is 1. The van der Waals surface area contributed by atoms with Crippen LogP contribution in [-0.4, -0.2) is 34.0 Å². The summed E-state index contributed by atoms with van der Waals surface area (Å²) in [5.41, 5.74) is 5.82. The van der Waals surface area contributed by atoms with Gasteiger partial charge in [0.25, 0.3) is 17.7 Å². The molecule has 1 heterocycles. The van der Waals surface area contributed by atoms with Crippen LogP contribution in [0.15, 0.2) is 30.3 Å². The van der Waals surface area contributed by atoms with Crippen molar-refractivity contribution < 1.29 is 18.8 Å². The minimum absolute atomic E-state index is 0.0540. The molecule has 0 unspecified atom stereocenters. The minimum atomic E-state index is -0.720. The van der Waals surface area contributed by atoms with Crippen LogP contribution in [0.2, 0.25) is 0 Å². The lowest BCUT2D eigenvalue weighted by atomic mass is 10.2. The van der Waals surface area contributed by atoms with Crippen molar-refractivity contribution in [2.45, 2.75) is 20.4 Å². The van der Waals surface area contributed by atoms with Crippen LogP contribution < -0.4 is 16.2 Å². The topological polar surface area (TPSA) is 105 Å². The Morgan fingerprint density at radius 3 is 2.44 bits per heavy atom. The third-order valence-electron chi connectivity index (χ3n) is 3.27. The van der Waals surface area contributed by atoms with Gasteiger partial charge >= 0.3 is 0 Å². The van der Waals surface area contributed by atoms with Gasteiger partial charge in [-0.05, 0) is 32.0 Å². The smallest absolute Gasteiger partial charge is 0.260 e. The van der Waals surface area contributed by atoms with Gasteiger partial charge in [-0.25, -0.2) is 4.39 Å². The van der Waals surface area contributed by atoms with E-state index in [1.807, 2.05) is 13.0 Å². The molecule has 2 rings (SSSR count). The second-order valence-electron chi connectivity index (χ2n) is 5.34. The summed E-state index contributed by atoms with van der Waals surface area (Å²) in [6.07, 6.45) is 0. The number of hydrogen-bond acceptors (Lipinski definition) is 4. The Balaban J connectivity index is 1.75. The van der Waals surface area contributed by atoms with Crippen molar-refractivity contribution in [1.82, 2.24) is 25.9 Å². The summed E-state index contributed by atoms with van der Waals surface area (Å²) in [6, 6.07) is 7.24. The molecule has 9 heteroatoms. The number of rotatable bonds is 5. The molecular weight excluding hydrogens is 329 g/mol. The maximum absolute atomic E-state index is 13.4. The molecule has 0 aliphatic heterocycles. The first-order valence-corrected chi connectivity index (χ1v) is 7.48. The van der Waals surface area contributed by atoms with Gasteiger partial charge in [0, 0.05) is 5.69 Å². The summed E-state index contributed by atoms with van der Waals surface area (Å²) in [5.74, 6) is -2.52. The zero-order valence-electron chi connectivity index (χ0n) is 13.8. The molecule has 0 saturated carbocycles. The molecule has 8 nitrogen and oxygen atoms in total. The highest BCUT2D eigenvalue weighted by atomic mass is 19.1. The molecule has 0 atom stereocenters. The number of hydrogen-bond donors (Lipinski definition) is 3. The highest BCUT2D eigenvalue weighted by molar-refractivity contribution is 5.96. The number of nitrogens with one attached hydrogen (secondary N) is 3. The fraction of sp³-hybridized carbons (Fsp3) is 0.250. The van der Waals surface area contributed by atoms with Gasteiger partial charge in [-0.1, -0.05) is 12.1 Å². The number of halogens is 1. The average molecular weight is 347 g/mol. The van der Waals surface area contributed by atoms with E-state index >= 15 is 0 Å². The van der Waals surface area contributed by atoms with E-state index in [-0.39, 0.29) is 12.1 Å². The van der Waals surface area contributed by atoms with Gasteiger partial charge in [0.15, 0.2) is 0 Å². The molecular formula is C16H18FN5O3. The first kappa shape index (κ1) is 18.1. The molecule has 0 radical (unpaired) electrons. The van der Waals surface area contributed by atoms with Crippen LogP contribution in [0.4, 0.5) is 4.39 Å². The first-order chi connectivity index (χ1) is 11.9. The van der Waals surface area contributed by atoms with E-state index in [4.69, 9.17) is 0 Å². The molecule has 0 spiro atoms. The Bertz CT molecular complexity index is 803. The molecule has 2 aromatic rings. The molecule has 0 fully saturated rings. The van der Waals surface area contributed by atoms with Crippen LogP contribution in [0.3, 0.4) is 0 Å². The summed E-state index contributed by atoms with van der Waals surface area (Å²) >= 11 is 0. The van der Waals surface area contributed by atoms with Crippen molar-refractivity contribution in [1.29, 1.82) is 0 Å². The number of amides is 3. The van der Waals surface area contributed by atoms with Crippen molar-refractivity contribution >= 4 is 17.7 Å². The highest BCUT2D eigenvalue weighted by Gasteiger charge is 2.13. The number of aromatic nitrogens is 2. The number of carbonyl (C=O) groups excluding carboxylic acids is 3. The zero-order chi connectivity index (χ0) is 18.4. The maximum atomic E-state index is 13.4. The summed E-state index contributed by atoms with van der Waals surface area (Å²) in [7, 11) is 0. The number of carbonyl (C=O) groups is 3. The monoisotopic (exact) mass is 347 g/mol. The van der Waals surface area contributed by atoms with Gasteiger partial charge in [0.05, 0.1) is 17.8 Å². The molecule has 132 valence electrons. The number of hydrazine groups is 1. The molecule has 3 amide bonds. The van der Waals surface area contributed by atoms with E-state index in [1.54, 1.807) is 6.92 Å². The molecule has 3 N–H and O–H groups in total. The van der Waals surface area contributed by atoms with Crippen molar-refractivity contribution in [2.24, 2.45) is 0 Å². The van der Waals surface area contributed by atoms with Gasteiger partial charge in [-0.2, -0.15) is 5.10 Å². The summed E-state index contributed by atoms with van der Waals surface area (Å²) in [6.45, 7) is 3.15. The SMILES string of the molecule is Cc1cc(C)n(CC(=O)NNC(=O)CNC(=O)c2ccccc2F)n1. The Hall–Kier alpha value is -3.23. The van der Waals surface area contributed by atoms with E-state index in [1.165, 1.54) is 22.9 Å². The summed E-state index contributed by atoms with van der Waals surface area (Å²) in [5, 5.41) is 6.39. The van der Waals surface area contributed by atoms with Crippen LogP contribution in [0, 0.1) is 19.7 Å². The Kier molecular flexibility index (Phi) is 5.83. The van der Waals surface area contributed by atoms with Crippen LogP contribution in [0.1, 0.15) is 21.7 Å². The molecule has 0 bridgehead atoms. The Morgan fingerprint density at radius 1 is 1.12 bits per heavy atom. The molecule has 25 heavy (non-hydrogen) atoms. The predicted molar refractivity (Wildman–Crippen MR) is 86.7 cm³/mol. The third-order valence-corrected chi connectivity index (χ3v) is 3.27. The second-order valence-corrected chi connectivity index (χ2v) is 5.34. The standard InChI is InChI=1S/C16H18FN5O3/c1-10-7-11(2)22(21-10)9-15(24)20-19-14(23)8-18-16(25)12-5-3-4-6-13(12)17/h3-7H,8-9H2,1-2H3,(H,18,25)(H,19,23)(H,20,24). The molecule has 0 aliphatic carbocycles. The lowest BCUT2D eigenvalue weighted by molar-refractivity contribution is -0.128. The van der Waals surface area contributed by atoms with Gasteiger partial charge < -0.3 is 5.32 Å². The molecule has 0 saturated heterocycles. The summed E-state index contributed by atoms with van der Waals surface area (Å²) in [4.78, 5) is 35.2. The van der Waals surface area contributed by atoms with E-state index < -0.39 is 30.1 Å². The molecule has 1 aromatic heterocycles. The average Bonchev–Trinajstić information content (AvgIpc) is 2.88. The Morgan fingerprint density at radius 2 is 1.80 bits per heavy atom. The fourth-order valence-corrected chi connectivity index (χ4v) is 2.10. The first-order valence-electron chi connectivity index (χ1n) is 7.48. The second kappa shape index (κ2) is 8.04. The fourth-order valence-electron chi connectivity index (χ4n) is 2.10. The Labute approximate surface area is 143 Å². The van der Waals surface area contributed by atoms with Crippen molar-refractivity contribution in [3.8, 4) is 0 Å². The zero-order valence-corrected chi connectivity index (χ0v) is 13.8.